The van der Waals surface area contributed by atoms with E-state index in [0.717, 1.165) is 54.4 Å². The van der Waals surface area contributed by atoms with Crippen LogP contribution in [0.15, 0.2) is 59.5 Å². The summed E-state index contributed by atoms with van der Waals surface area (Å²) < 4.78 is 23.5. The number of benzene rings is 2. The van der Waals surface area contributed by atoms with Crippen molar-refractivity contribution in [1.29, 1.82) is 0 Å². The minimum absolute atomic E-state index is 0.152. The van der Waals surface area contributed by atoms with Crippen molar-refractivity contribution in [2.75, 3.05) is 16.8 Å². The van der Waals surface area contributed by atoms with Gasteiger partial charge in [-0.15, -0.1) is 0 Å². The van der Waals surface area contributed by atoms with Crippen molar-refractivity contribution in [1.82, 2.24) is 9.97 Å². The molecule has 0 amide bonds. The highest BCUT2D eigenvalue weighted by Gasteiger charge is 2.29. The summed E-state index contributed by atoms with van der Waals surface area (Å²) in [6, 6.07) is 17.4. The topological polar surface area (TPSA) is 101 Å². The molecule has 0 bridgehead atoms. The van der Waals surface area contributed by atoms with Gasteiger partial charge in [-0.2, -0.15) is 0 Å². The number of aromatic nitrogens is 2. The third-order valence-corrected chi connectivity index (χ3v) is 6.74. The van der Waals surface area contributed by atoms with Crippen LogP contribution < -0.4 is 15.4 Å². The van der Waals surface area contributed by atoms with Gasteiger partial charge in [0.05, 0.1) is 4.90 Å². The van der Waals surface area contributed by atoms with Crippen LogP contribution in [0.4, 0.5) is 11.6 Å². The van der Waals surface area contributed by atoms with Crippen LogP contribution in [0.2, 0.25) is 0 Å². The second-order valence-corrected chi connectivity index (χ2v) is 9.79. The maximum atomic E-state index is 11.8. The molecule has 160 valence electrons. The molecule has 2 heterocycles. The Bertz CT molecular complexity index is 1210. The van der Waals surface area contributed by atoms with Crippen LogP contribution in [0.1, 0.15) is 41.3 Å². The lowest BCUT2D eigenvalue weighted by atomic mass is 10.00. The van der Waals surface area contributed by atoms with Gasteiger partial charge in [-0.25, -0.2) is 23.5 Å². The van der Waals surface area contributed by atoms with Crippen molar-refractivity contribution in [3.63, 3.8) is 0 Å². The van der Waals surface area contributed by atoms with E-state index >= 15 is 0 Å². The number of nitrogens with one attached hydrogen (secondary N) is 1. The standard InChI is InChI=1S/C23H25N5O2S/c24-31(29,30)20-9-8-17-10-11-28(15-19(17)12-20)22-13-21(26-23(27-22)18-6-7-18)25-14-16-4-2-1-3-5-16/h1-5,8-9,12-13,18H,6-7,10-11,14-15H2,(H2,24,29,30)(H,25,26,27). The smallest absolute Gasteiger partial charge is 0.238 e. The van der Waals surface area contributed by atoms with E-state index in [0.29, 0.717) is 19.0 Å². The number of rotatable bonds is 6. The summed E-state index contributed by atoms with van der Waals surface area (Å²) >= 11 is 0. The molecule has 0 spiro atoms. The van der Waals surface area contributed by atoms with Gasteiger partial charge in [0.2, 0.25) is 10.0 Å². The molecule has 3 N–H and O–H groups in total. The van der Waals surface area contributed by atoms with Crippen LogP contribution in [0, 0.1) is 0 Å². The molecule has 0 atom stereocenters. The zero-order valence-electron chi connectivity index (χ0n) is 17.2. The fourth-order valence-electron chi connectivity index (χ4n) is 3.92. The molecule has 2 aromatic carbocycles. The summed E-state index contributed by atoms with van der Waals surface area (Å²) in [6.45, 7) is 2.11. The van der Waals surface area contributed by atoms with Crippen LogP contribution >= 0.6 is 0 Å². The molecule has 1 fully saturated rings. The Balaban J connectivity index is 1.41. The molecule has 1 saturated carbocycles. The lowest BCUT2D eigenvalue weighted by molar-refractivity contribution is 0.597. The second-order valence-electron chi connectivity index (χ2n) is 8.23. The van der Waals surface area contributed by atoms with Gasteiger partial charge in [-0.05, 0) is 48.1 Å². The molecule has 1 aromatic heterocycles. The fourth-order valence-corrected chi connectivity index (χ4v) is 4.49. The van der Waals surface area contributed by atoms with Gasteiger partial charge in [-0.3, -0.25) is 0 Å². The summed E-state index contributed by atoms with van der Waals surface area (Å²) in [5, 5.41) is 8.76. The number of nitrogens with zero attached hydrogens (tertiary/aromatic N) is 3. The first-order valence-electron chi connectivity index (χ1n) is 10.5. The Morgan fingerprint density at radius 3 is 2.58 bits per heavy atom. The van der Waals surface area contributed by atoms with Crippen LogP contribution in [0.3, 0.4) is 0 Å². The molecule has 3 aromatic rings. The van der Waals surface area contributed by atoms with E-state index in [1.807, 2.05) is 30.3 Å². The summed E-state index contributed by atoms with van der Waals surface area (Å²) in [4.78, 5) is 11.9. The third kappa shape index (κ3) is 4.55. The molecule has 2 aliphatic rings. The Hall–Kier alpha value is -2.97. The first-order valence-corrected chi connectivity index (χ1v) is 12.1. The number of hydrogen-bond acceptors (Lipinski definition) is 6. The number of hydrogen-bond donors (Lipinski definition) is 2. The van der Waals surface area contributed by atoms with Gasteiger partial charge in [-0.1, -0.05) is 36.4 Å². The monoisotopic (exact) mass is 435 g/mol. The molecule has 0 radical (unpaired) electrons. The lowest BCUT2D eigenvalue weighted by Gasteiger charge is -2.30. The number of anilines is 2. The summed E-state index contributed by atoms with van der Waals surface area (Å²) in [6.07, 6.45) is 3.08. The normalized spacial score (nSPS) is 16.1. The number of fused-ring (bicyclic) bond motifs is 1. The zero-order valence-corrected chi connectivity index (χ0v) is 18.0. The fraction of sp³-hybridized carbons (Fsp3) is 0.304. The molecule has 31 heavy (non-hydrogen) atoms. The number of primary sulfonamides is 1. The first-order chi connectivity index (χ1) is 15.0. The van der Waals surface area contributed by atoms with Crippen LogP contribution in [-0.4, -0.2) is 24.9 Å². The van der Waals surface area contributed by atoms with Crippen molar-refractivity contribution in [3.8, 4) is 0 Å². The molecular weight excluding hydrogens is 410 g/mol. The van der Waals surface area contributed by atoms with Gasteiger partial charge < -0.3 is 10.2 Å². The minimum atomic E-state index is -3.72. The van der Waals surface area contributed by atoms with Gasteiger partial charge >= 0.3 is 0 Å². The molecule has 7 nitrogen and oxygen atoms in total. The molecule has 1 aliphatic heterocycles. The van der Waals surface area contributed by atoms with Gasteiger partial charge in [0.25, 0.3) is 0 Å². The molecule has 0 unspecified atom stereocenters. The van der Waals surface area contributed by atoms with Crippen LogP contribution in [-0.2, 0) is 29.5 Å². The Kier molecular flexibility index (Phi) is 5.11. The van der Waals surface area contributed by atoms with Crippen molar-refractivity contribution in [3.05, 3.63) is 77.1 Å². The third-order valence-electron chi connectivity index (χ3n) is 5.83. The van der Waals surface area contributed by atoms with Crippen LogP contribution in [0.25, 0.3) is 0 Å². The maximum Gasteiger partial charge on any atom is 0.238 e. The van der Waals surface area contributed by atoms with E-state index in [1.54, 1.807) is 12.1 Å². The van der Waals surface area contributed by atoms with Crippen molar-refractivity contribution in [2.24, 2.45) is 5.14 Å². The first kappa shape index (κ1) is 20.0. The quantitative estimate of drug-likeness (QED) is 0.617. The summed E-state index contributed by atoms with van der Waals surface area (Å²) in [5.41, 5.74) is 3.32. The van der Waals surface area contributed by atoms with Crippen molar-refractivity contribution >= 4 is 21.7 Å². The average Bonchev–Trinajstić information content (AvgIpc) is 3.62. The molecule has 1 aliphatic carbocycles. The molecule has 0 saturated heterocycles. The van der Waals surface area contributed by atoms with E-state index in [9.17, 15) is 8.42 Å². The van der Waals surface area contributed by atoms with Crippen LogP contribution in [0.5, 0.6) is 0 Å². The molecular formula is C23H25N5O2S. The highest BCUT2D eigenvalue weighted by Crippen LogP contribution is 2.39. The van der Waals surface area contributed by atoms with E-state index < -0.39 is 10.0 Å². The maximum absolute atomic E-state index is 11.8. The SMILES string of the molecule is NS(=O)(=O)c1ccc2c(c1)CN(c1cc(NCc3ccccc3)nc(C3CC3)n1)CC2. The highest BCUT2D eigenvalue weighted by molar-refractivity contribution is 7.89. The Morgan fingerprint density at radius 2 is 1.84 bits per heavy atom. The van der Waals surface area contributed by atoms with E-state index in [2.05, 4.69) is 22.3 Å². The van der Waals surface area contributed by atoms with E-state index in [4.69, 9.17) is 15.1 Å². The Morgan fingerprint density at radius 1 is 1.03 bits per heavy atom. The van der Waals surface area contributed by atoms with Crippen molar-refractivity contribution < 1.29 is 8.42 Å². The number of sulfonamides is 1. The Labute approximate surface area is 182 Å². The predicted molar refractivity (Wildman–Crippen MR) is 120 cm³/mol. The zero-order chi connectivity index (χ0) is 21.4. The average molecular weight is 436 g/mol. The summed E-state index contributed by atoms with van der Waals surface area (Å²) in [5.74, 6) is 3.01. The minimum Gasteiger partial charge on any atom is -0.366 e. The number of nitrogens with two attached hydrogens (primary N) is 1. The van der Waals surface area contributed by atoms with Crippen molar-refractivity contribution in [2.45, 2.75) is 43.2 Å². The van der Waals surface area contributed by atoms with E-state index in [1.165, 1.54) is 5.56 Å². The molecule has 8 heteroatoms. The highest BCUT2D eigenvalue weighted by atomic mass is 32.2. The van der Waals surface area contributed by atoms with Gasteiger partial charge in [0.1, 0.15) is 17.5 Å². The lowest BCUT2D eigenvalue weighted by Crippen LogP contribution is -2.31. The van der Waals surface area contributed by atoms with Gasteiger partial charge in [0.15, 0.2) is 0 Å². The summed E-state index contributed by atoms with van der Waals surface area (Å²) in [7, 11) is -3.72. The largest absolute Gasteiger partial charge is 0.366 e. The predicted octanol–water partition coefficient (Wildman–Crippen LogP) is 3.18. The van der Waals surface area contributed by atoms with Gasteiger partial charge in [0, 0.05) is 31.6 Å². The second kappa shape index (κ2) is 7.94. The van der Waals surface area contributed by atoms with E-state index in [-0.39, 0.29) is 4.90 Å². The molecule has 5 rings (SSSR count).